The van der Waals surface area contributed by atoms with E-state index in [1.807, 2.05) is 26.0 Å². The van der Waals surface area contributed by atoms with Gasteiger partial charge in [0.2, 0.25) is 0 Å². The Morgan fingerprint density at radius 3 is 2.96 bits per heavy atom. The van der Waals surface area contributed by atoms with Crippen molar-refractivity contribution in [2.24, 2.45) is 0 Å². The van der Waals surface area contributed by atoms with Crippen molar-refractivity contribution >= 4 is 0 Å². The number of aromatic hydroxyl groups is 1. The van der Waals surface area contributed by atoms with E-state index in [0.717, 1.165) is 42.9 Å². The summed E-state index contributed by atoms with van der Waals surface area (Å²) >= 11 is 0. The van der Waals surface area contributed by atoms with Crippen LogP contribution < -0.4 is 4.74 Å². The van der Waals surface area contributed by atoms with Gasteiger partial charge >= 0.3 is 0 Å². The Balaban J connectivity index is 1.82. The smallest absolute Gasteiger partial charge is 0.161 e. The van der Waals surface area contributed by atoms with Gasteiger partial charge in [-0.2, -0.15) is 0 Å². The molecule has 0 bridgehead atoms. The summed E-state index contributed by atoms with van der Waals surface area (Å²) in [4.78, 5) is 2.47. The maximum absolute atomic E-state index is 9.87. The lowest BCUT2D eigenvalue weighted by atomic mass is 10.0. The van der Waals surface area contributed by atoms with Gasteiger partial charge in [-0.25, -0.2) is 0 Å². The molecule has 1 aromatic carbocycles. The number of phenols is 1. The van der Waals surface area contributed by atoms with Crippen molar-refractivity contribution in [1.82, 2.24) is 10.1 Å². The van der Waals surface area contributed by atoms with Crippen molar-refractivity contribution < 1.29 is 14.4 Å². The Kier molecular flexibility index (Phi) is 5.09. The summed E-state index contributed by atoms with van der Waals surface area (Å²) < 4.78 is 11.0. The Labute approximate surface area is 143 Å². The lowest BCUT2D eigenvalue weighted by molar-refractivity contribution is 0.244. The Morgan fingerprint density at radius 1 is 1.38 bits per heavy atom. The van der Waals surface area contributed by atoms with Gasteiger partial charge in [0.25, 0.3) is 0 Å². The third-order valence-electron chi connectivity index (χ3n) is 4.71. The summed E-state index contributed by atoms with van der Waals surface area (Å²) in [6, 6.07) is 5.98. The van der Waals surface area contributed by atoms with Crippen molar-refractivity contribution in [2.75, 3.05) is 13.2 Å². The average molecular weight is 330 g/mol. The fourth-order valence-corrected chi connectivity index (χ4v) is 3.61. The van der Waals surface area contributed by atoms with Gasteiger partial charge in [0.1, 0.15) is 5.76 Å². The first-order valence-corrected chi connectivity index (χ1v) is 8.77. The first-order valence-electron chi connectivity index (χ1n) is 8.77. The van der Waals surface area contributed by atoms with Gasteiger partial charge in [-0.15, -0.1) is 0 Å². The number of rotatable bonds is 6. The van der Waals surface area contributed by atoms with Crippen LogP contribution in [0.25, 0.3) is 0 Å². The minimum absolute atomic E-state index is 0.196. The second-order valence-electron chi connectivity index (χ2n) is 6.32. The molecule has 130 valence electrons. The van der Waals surface area contributed by atoms with Crippen LogP contribution in [0, 0.1) is 6.92 Å². The van der Waals surface area contributed by atoms with Crippen LogP contribution in [0.2, 0.25) is 0 Å². The summed E-state index contributed by atoms with van der Waals surface area (Å²) in [6.07, 6.45) is 3.18. The maximum atomic E-state index is 9.87. The van der Waals surface area contributed by atoms with E-state index >= 15 is 0 Å². The SMILES string of the molecule is CCOc1cc(CN2CCC[C@@H]2c2c(C)noc2CC)ccc1O. The topological polar surface area (TPSA) is 58.7 Å². The van der Waals surface area contributed by atoms with E-state index in [4.69, 9.17) is 9.26 Å². The Morgan fingerprint density at radius 2 is 2.21 bits per heavy atom. The van der Waals surface area contributed by atoms with E-state index in [1.165, 1.54) is 12.0 Å². The van der Waals surface area contributed by atoms with Crippen molar-refractivity contribution in [3.8, 4) is 11.5 Å². The molecule has 1 atom stereocenters. The zero-order valence-electron chi connectivity index (χ0n) is 14.7. The van der Waals surface area contributed by atoms with Crippen LogP contribution in [0.5, 0.6) is 11.5 Å². The number of phenolic OH excluding ortho intramolecular Hbond substituents is 1. The monoisotopic (exact) mass is 330 g/mol. The third-order valence-corrected chi connectivity index (χ3v) is 4.71. The number of aryl methyl sites for hydroxylation is 2. The highest BCUT2D eigenvalue weighted by Gasteiger charge is 2.31. The maximum Gasteiger partial charge on any atom is 0.161 e. The van der Waals surface area contributed by atoms with Gasteiger partial charge in [0.15, 0.2) is 11.5 Å². The Hall–Kier alpha value is -2.01. The standard InChI is InChI=1S/C19H26N2O3/c1-4-17-19(13(3)20-24-17)15-7-6-10-21(15)12-14-8-9-16(22)18(11-14)23-5-2/h8-9,11,15,22H,4-7,10,12H2,1-3H3/t15-/m1/s1. The van der Waals surface area contributed by atoms with Gasteiger partial charge in [-0.1, -0.05) is 18.1 Å². The van der Waals surface area contributed by atoms with Gasteiger partial charge in [0.05, 0.1) is 12.3 Å². The number of hydrogen-bond donors (Lipinski definition) is 1. The van der Waals surface area contributed by atoms with Crippen LogP contribution in [0.3, 0.4) is 0 Å². The van der Waals surface area contributed by atoms with E-state index in [1.54, 1.807) is 6.07 Å². The van der Waals surface area contributed by atoms with Gasteiger partial charge in [-0.3, -0.25) is 4.90 Å². The number of nitrogens with zero attached hydrogens (tertiary/aromatic N) is 2. The van der Waals surface area contributed by atoms with Crippen LogP contribution in [0.1, 0.15) is 55.3 Å². The third kappa shape index (κ3) is 3.26. The van der Waals surface area contributed by atoms with Gasteiger partial charge in [0, 0.05) is 24.6 Å². The minimum atomic E-state index is 0.196. The van der Waals surface area contributed by atoms with E-state index in [-0.39, 0.29) is 5.75 Å². The molecule has 0 spiro atoms. The van der Waals surface area contributed by atoms with Gasteiger partial charge < -0.3 is 14.4 Å². The molecular weight excluding hydrogens is 304 g/mol. The molecule has 1 N–H and O–H groups in total. The van der Waals surface area contributed by atoms with E-state index in [0.29, 0.717) is 18.4 Å². The molecule has 2 heterocycles. The summed E-state index contributed by atoms with van der Waals surface area (Å²) in [6.45, 7) is 8.49. The van der Waals surface area contributed by atoms with Crippen molar-refractivity contribution in [3.63, 3.8) is 0 Å². The average Bonchev–Trinajstić information content (AvgIpc) is 3.16. The molecule has 5 nitrogen and oxygen atoms in total. The van der Waals surface area contributed by atoms with Crippen LogP contribution in [-0.4, -0.2) is 28.3 Å². The molecule has 0 radical (unpaired) electrons. The van der Waals surface area contributed by atoms with Crippen LogP contribution in [0.4, 0.5) is 0 Å². The highest BCUT2D eigenvalue weighted by Crippen LogP contribution is 2.37. The summed E-state index contributed by atoms with van der Waals surface area (Å²) in [7, 11) is 0. The van der Waals surface area contributed by atoms with Crippen LogP contribution in [0.15, 0.2) is 22.7 Å². The minimum Gasteiger partial charge on any atom is -0.504 e. The van der Waals surface area contributed by atoms with Crippen LogP contribution in [-0.2, 0) is 13.0 Å². The fourth-order valence-electron chi connectivity index (χ4n) is 3.61. The number of likely N-dealkylation sites (tertiary alicyclic amines) is 1. The molecule has 3 rings (SSSR count). The second kappa shape index (κ2) is 7.26. The predicted octanol–water partition coefficient (Wildman–Crippen LogP) is 3.99. The molecular formula is C19H26N2O3. The number of aromatic nitrogens is 1. The molecule has 0 aliphatic carbocycles. The van der Waals surface area contributed by atoms with Crippen LogP contribution >= 0.6 is 0 Å². The molecule has 1 aromatic heterocycles. The lowest BCUT2D eigenvalue weighted by Gasteiger charge is -2.25. The summed E-state index contributed by atoms with van der Waals surface area (Å²) in [5.41, 5.74) is 3.42. The van der Waals surface area contributed by atoms with Gasteiger partial charge in [-0.05, 0) is 50.9 Å². The van der Waals surface area contributed by atoms with E-state index in [9.17, 15) is 5.11 Å². The van der Waals surface area contributed by atoms with E-state index in [2.05, 4.69) is 17.0 Å². The first kappa shape index (κ1) is 16.8. The Bertz CT molecular complexity index is 696. The molecule has 1 fully saturated rings. The van der Waals surface area contributed by atoms with Crippen molar-refractivity contribution in [3.05, 3.63) is 40.8 Å². The molecule has 0 saturated carbocycles. The number of benzene rings is 1. The van der Waals surface area contributed by atoms with Crippen molar-refractivity contribution in [2.45, 2.75) is 52.6 Å². The first-order chi connectivity index (χ1) is 11.6. The fraction of sp³-hybridized carbons (Fsp3) is 0.526. The zero-order valence-corrected chi connectivity index (χ0v) is 14.7. The second-order valence-corrected chi connectivity index (χ2v) is 6.32. The summed E-state index contributed by atoms with van der Waals surface area (Å²) in [5.74, 6) is 1.76. The highest BCUT2D eigenvalue weighted by molar-refractivity contribution is 5.42. The molecule has 5 heteroatoms. The quantitative estimate of drug-likeness (QED) is 0.868. The normalized spacial score (nSPS) is 18.2. The molecule has 1 aliphatic heterocycles. The molecule has 2 aromatic rings. The molecule has 1 aliphatic rings. The van der Waals surface area contributed by atoms with Crippen molar-refractivity contribution in [1.29, 1.82) is 0 Å². The molecule has 0 unspecified atom stereocenters. The molecule has 24 heavy (non-hydrogen) atoms. The largest absolute Gasteiger partial charge is 0.504 e. The number of ether oxygens (including phenoxy) is 1. The number of hydrogen-bond acceptors (Lipinski definition) is 5. The zero-order chi connectivity index (χ0) is 17.1. The predicted molar refractivity (Wildman–Crippen MR) is 92.3 cm³/mol. The lowest BCUT2D eigenvalue weighted by Crippen LogP contribution is -2.23. The molecule has 0 amide bonds. The van der Waals surface area contributed by atoms with E-state index < -0.39 is 0 Å². The highest BCUT2D eigenvalue weighted by atomic mass is 16.5. The summed E-state index contributed by atoms with van der Waals surface area (Å²) in [5, 5.41) is 14.0. The molecule has 1 saturated heterocycles.